The van der Waals surface area contributed by atoms with Gasteiger partial charge >= 0.3 is 12.1 Å². The fourth-order valence-electron chi connectivity index (χ4n) is 2.16. The normalized spacial score (nSPS) is 11.2. The number of aromatic nitrogens is 1. The van der Waals surface area contributed by atoms with Gasteiger partial charge in [0.05, 0.1) is 11.3 Å². The fourth-order valence-corrected chi connectivity index (χ4v) is 2.16. The third-order valence-electron chi connectivity index (χ3n) is 3.32. The van der Waals surface area contributed by atoms with Crippen molar-refractivity contribution in [2.75, 3.05) is 0 Å². The summed E-state index contributed by atoms with van der Waals surface area (Å²) in [7, 11) is 0. The van der Waals surface area contributed by atoms with Gasteiger partial charge in [-0.15, -0.1) is 0 Å². The van der Waals surface area contributed by atoms with E-state index in [0.717, 1.165) is 19.1 Å². The number of pyridine rings is 1. The molecule has 0 aliphatic carbocycles. The number of rotatable bonds is 2. The molecule has 0 spiro atoms. The molecule has 24 heavy (non-hydrogen) atoms. The number of carboxylic acid groups (broad SMARTS) is 1. The van der Waals surface area contributed by atoms with Gasteiger partial charge in [-0.25, -0.2) is 9.18 Å². The van der Waals surface area contributed by atoms with Crippen molar-refractivity contribution in [2.24, 2.45) is 0 Å². The molecule has 1 aromatic carbocycles. The number of carboxylic acids is 1. The maximum Gasteiger partial charge on any atom is 0.431 e. The van der Waals surface area contributed by atoms with E-state index in [9.17, 15) is 27.2 Å². The van der Waals surface area contributed by atoms with Crippen LogP contribution in [0.1, 0.15) is 27.2 Å². The molecule has 1 N–H and O–H groups in total. The standard InChI is InChI=1S/C15H8F4N2O3/c1-7-10(4-2-8(6-20)12(7)16)21-11(15(17,18)19)5-3-9(13(21)22)14(23)24/h2-5H,1H3,(H,23,24). The number of aromatic carboxylic acids is 1. The monoisotopic (exact) mass is 340 g/mol. The summed E-state index contributed by atoms with van der Waals surface area (Å²) in [5.41, 5.74) is -5.09. The summed E-state index contributed by atoms with van der Waals surface area (Å²) < 4.78 is 53.6. The van der Waals surface area contributed by atoms with Crippen LogP contribution in [0.25, 0.3) is 5.69 Å². The summed E-state index contributed by atoms with van der Waals surface area (Å²) in [6.07, 6.45) is -4.98. The van der Waals surface area contributed by atoms with E-state index in [0.29, 0.717) is 12.1 Å². The maximum atomic E-state index is 14.0. The Labute approximate surface area is 132 Å². The van der Waals surface area contributed by atoms with E-state index in [1.54, 1.807) is 0 Å². The van der Waals surface area contributed by atoms with E-state index in [1.165, 1.54) is 6.07 Å². The molecular weight excluding hydrogens is 332 g/mol. The molecule has 2 rings (SSSR count). The zero-order valence-electron chi connectivity index (χ0n) is 12.0. The van der Waals surface area contributed by atoms with E-state index in [-0.39, 0.29) is 10.1 Å². The molecule has 124 valence electrons. The average Bonchev–Trinajstić information content (AvgIpc) is 2.49. The molecule has 0 unspecified atom stereocenters. The summed E-state index contributed by atoms with van der Waals surface area (Å²) in [5.74, 6) is -2.80. The molecule has 0 bridgehead atoms. The second-order valence-electron chi connectivity index (χ2n) is 4.76. The van der Waals surface area contributed by atoms with Crippen LogP contribution in [0.2, 0.25) is 0 Å². The minimum Gasteiger partial charge on any atom is -0.477 e. The van der Waals surface area contributed by atoms with Crippen molar-refractivity contribution < 1.29 is 27.5 Å². The molecular formula is C15H8F4N2O3. The molecule has 0 atom stereocenters. The molecule has 9 heteroatoms. The van der Waals surface area contributed by atoms with Crippen molar-refractivity contribution in [2.45, 2.75) is 13.1 Å². The summed E-state index contributed by atoms with van der Waals surface area (Å²) >= 11 is 0. The number of nitrogens with zero attached hydrogens (tertiary/aromatic N) is 2. The summed E-state index contributed by atoms with van der Waals surface area (Å²) in [5, 5.41) is 17.7. The van der Waals surface area contributed by atoms with Gasteiger partial charge in [0.2, 0.25) is 0 Å². The van der Waals surface area contributed by atoms with Crippen LogP contribution in [0, 0.1) is 24.1 Å². The van der Waals surface area contributed by atoms with Gasteiger partial charge < -0.3 is 5.11 Å². The predicted molar refractivity (Wildman–Crippen MR) is 73.4 cm³/mol. The topological polar surface area (TPSA) is 83.1 Å². The first-order valence-electron chi connectivity index (χ1n) is 6.35. The van der Waals surface area contributed by atoms with Crippen LogP contribution in [-0.4, -0.2) is 15.6 Å². The quantitative estimate of drug-likeness (QED) is 0.852. The van der Waals surface area contributed by atoms with Gasteiger partial charge in [0, 0.05) is 5.56 Å². The third-order valence-corrected chi connectivity index (χ3v) is 3.32. The van der Waals surface area contributed by atoms with E-state index in [2.05, 4.69) is 0 Å². The lowest BCUT2D eigenvalue weighted by Gasteiger charge is -2.18. The van der Waals surface area contributed by atoms with Crippen LogP contribution in [-0.2, 0) is 6.18 Å². The molecule has 0 aliphatic heterocycles. The molecule has 1 aromatic heterocycles. The van der Waals surface area contributed by atoms with Crippen LogP contribution in [0.15, 0.2) is 29.1 Å². The van der Waals surface area contributed by atoms with Crippen LogP contribution in [0.4, 0.5) is 17.6 Å². The van der Waals surface area contributed by atoms with Crippen molar-refractivity contribution in [1.29, 1.82) is 5.26 Å². The highest BCUT2D eigenvalue weighted by atomic mass is 19.4. The number of benzene rings is 1. The van der Waals surface area contributed by atoms with E-state index >= 15 is 0 Å². The van der Waals surface area contributed by atoms with Gasteiger partial charge in [-0.2, -0.15) is 18.4 Å². The van der Waals surface area contributed by atoms with Crippen molar-refractivity contribution in [3.8, 4) is 11.8 Å². The largest absolute Gasteiger partial charge is 0.477 e. The molecule has 0 saturated carbocycles. The lowest BCUT2D eigenvalue weighted by Crippen LogP contribution is -2.31. The van der Waals surface area contributed by atoms with Crippen molar-refractivity contribution >= 4 is 5.97 Å². The highest BCUT2D eigenvalue weighted by Crippen LogP contribution is 2.31. The minimum atomic E-state index is -4.98. The Morgan fingerprint density at radius 2 is 1.88 bits per heavy atom. The molecule has 2 aromatic rings. The third kappa shape index (κ3) is 2.74. The minimum absolute atomic E-state index is 0.0863. The number of alkyl halides is 3. The van der Waals surface area contributed by atoms with Gasteiger partial charge in [-0.3, -0.25) is 9.36 Å². The molecule has 0 radical (unpaired) electrons. The van der Waals surface area contributed by atoms with Crippen LogP contribution >= 0.6 is 0 Å². The van der Waals surface area contributed by atoms with Crippen molar-refractivity contribution in [3.05, 3.63) is 62.8 Å². The number of nitriles is 1. The first kappa shape index (κ1) is 17.2. The molecule has 5 nitrogen and oxygen atoms in total. The number of hydrogen-bond donors (Lipinski definition) is 1. The van der Waals surface area contributed by atoms with E-state index in [1.807, 2.05) is 0 Å². The van der Waals surface area contributed by atoms with Crippen molar-refractivity contribution in [3.63, 3.8) is 0 Å². The van der Waals surface area contributed by atoms with Crippen LogP contribution in [0.5, 0.6) is 0 Å². The summed E-state index contributed by atoms with van der Waals surface area (Å²) in [6, 6.07) is 4.37. The molecule has 0 fully saturated rings. The molecule has 0 amide bonds. The summed E-state index contributed by atoms with van der Waals surface area (Å²) in [6.45, 7) is 1.09. The van der Waals surface area contributed by atoms with E-state index in [4.69, 9.17) is 10.4 Å². The number of carbonyl (C=O) groups is 1. The first-order valence-corrected chi connectivity index (χ1v) is 6.35. The summed E-state index contributed by atoms with van der Waals surface area (Å²) in [4.78, 5) is 23.2. The van der Waals surface area contributed by atoms with Gasteiger partial charge in [0.25, 0.3) is 5.56 Å². The van der Waals surface area contributed by atoms with Gasteiger partial charge in [0.1, 0.15) is 23.1 Å². The van der Waals surface area contributed by atoms with Crippen molar-refractivity contribution in [1.82, 2.24) is 4.57 Å². The van der Waals surface area contributed by atoms with Crippen LogP contribution < -0.4 is 5.56 Å². The zero-order chi connectivity index (χ0) is 18.2. The van der Waals surface area contributed by atoms with Gasteiger partial charge in [-0.1, -0.05) is 0 Å². The fraction of sp³-hybridized carbons (Fsp3) is 0.133. The Morgan fingerprint density at radius 1 is 1.25 bits per heavy atom. The SMILES string of the molecule is Cc1c(-n2c(C(F)(F)F)ccc(C(=O)O)c2=O)ccc(C#N)c1F. The zero-order valence-corrected chi connectivity index (χ0v) is 12.0. The Bertz CT molecular complexity index is 939. The van der Waals surface area contributed by atoms with Gasteiger partial charge in [-0.05, 0) is 31.2 Å². The average molecular weight is 340 g/mol. The Morgan fingerprint density at radius 3 is 2.38 bits per heavy atom. The van der Waals surface area contributed by atoms with Crippen LogP contribution in [0.3, 0.4) is 0 Å². The molecule has 1 heterocycles. The second-order valence-corrected chi connectivity index (χ2v) is 4.76. The smallest absolute Gasteiger partial charge is 0.431 e. The number of hydrogen-bond acceptors (Lipinski definition) is 3. The number of halogens is 4. The Balaban J connectivity index is 2.95. The predicted octanol–water partition coefficient (Wildman–Crippen LogP) is 2.87. The van der Waals surface area contributed by atoms with Gasteiger partial charge in [0.15, 0.2) is 0 Å². The lowest BCUT2D eigenvalue weighted by molar-refractivity contribution is -0.142. The second kappa shape index (κ2) is 5.81. The Hall–Kier alpha value is -3.15. The molecule has 0 aliphatic rings. The highest BCUT2D eigenvalue weighted by Gasteiger charge is 2.36. The van der Waals surface area contributed by atoms with E-state index < -0.39 is 46.0 Å². The first-order chi connectivity index (χ1) is 11.1. The maximum absolute atomic E-state index is 14.0. The lowest BCUT2D eigenvalue weighted by atomic mass is 10.1. The highest BCUT2D eigenvalue weighted by molar-refractivity contribution is 5.87. The Kier molecular flexibility index (Phi) is 4.16. The molecule has 0 saturated heterocycles.